The lowest BCUT2D eigenvalue weighted by molar-refractivity contribution is 0.164. The summed E-state index contributed by atoms with van der Waals surface area (Å²) < 4.78 is 0. The van der Waals surface area contributed by atoms with Crippen molar-refractivity contribution in [1.82, 2.24) is 4.90 Å². The molecule has 0 bridgehead atoms. The molecule has 0 saturated carbocycles. The lowest BCUT2D eigenvalue weighted by Crippen LogP contribution is -2.42. The topological polar surface area (TPSA) is 3.24 Å². The third-order valence-corrected chi connectivity index (χ3v) is 4.00. The van der Waals surface area contributed by atoms with Gasteiger partial charge in [0.25, 0.3) is 0 Å². The Bertz CT molecular complexity index is 267. The monoisotopic (exact) mass is 219 g/mol. The van der Waals surface area contributed by atoms with Crippen LogP contribution in [-0.2, 0) is 0 Å². The summed E-state index contributed by atoms with van der Waals surface area (Å²) in [5.74, 6) is 0. The normalized spacial score (nSPS) is 38.2. The lowest BCUT2D eigenvalue weighted by atomic mass is 9.99. The van der Waals surface area contributed by atoms with Gasteiger partial charge in [-0.1, -0.05) is 44.1 Å². The predicted molar refractivity (Wildman–Crippen MR) is 70.5 cm³/mol. The first-order valence-corrected chi connectivity index (χ1v) is 6.95. The van der Waals surface area contributed by atoms with Gasteiger partial charge in [0, 0.05) is 18.1 Å². The van der Waals surface area contributed by atoms with Crippen molar-refractivity contribution in [2.75, 3.05) is 0 Å². The van der Waals surface area contributed by atoms with Gasteiger partial charge in [0.1, 0.15) is 0 Å². The van der Waals surface area contributed by atoms with E-state index in [1.807, 2.05) is 0 Å². The molecule has 1 heteroatoms. The zero-order chi connectivity index (χ0) is 11.4. The first-order chi connectivity index (χ1) is 7.83. The van der Waals surface area contributed by atoms with E-state index in [-0.39, 0.29) is 0 Å². The first kappa shape index (κ1) is 11.9. The van der Waals surface area contributed by atoms with E-state index in [2.05, 4.69) is 43.1 Å². The molecule has 1 unspecified atom stereocenters. The van der Waals surface area contributed by atoms with Crippen LogP contribution in [0.3, 0.4) is 0 Å². The average molecular weight is 219 g/mol. The lowest BCUT2D eigenvalue weighted by Gasteiger charge is -2.35. The van der Waals surface area contributed by atoms with Gasteiger partial charge < -0.3 is 0 Å². The smallest absolute Gasteiger partial charge is 0.0289 e. The maximum absolute atomic E-state index is 2.70. The van der Waals surface area contributed by atoms with Crippen LogP contribution in [0.25, 0.3) is 0 Å². The van der Waals surface area contributed by atoms with Crippen molar-refractivity contribution in [3.63, 3.8) is 0 Å². The molecule has 2 rings (SSSR count). The van der Waals surface area contributed by atoms with Gasteiger partial charge in [0.2, 0.25) is 0 Å². The van der Waals surface area contributed by atoms with E-state index in [1.54, 1.807) is 0 Å². The number of rotatable bonds is 2. The van der Waals surface area contributed by atoms with Crippen LogP contribution < -0.4 is 0 Å². The standard InChI is InChI=1S/C15H25N/c1-3-14-12-11-13(2)16(14)15-9-7-5-4-6-8-10-15/h7,9,11-15H,3-6,8,10H2,1-2H3/b9-7-/t13-,14+,15?/m0/s1. The molecule has 0 radical (unpaired) electrons. The summed E-state index contributed by atoms with van der Waals surface area (Å²) in [6, 6.07) is 1.97. The van der Waals surface area contributed by atoms with Crippen molar-refractivity contribution in [3.05, 3.63) is 24.3 Å². The summed E-state index contributed by atoms with van der Waals surface area (Å²) in [4.78, 5) is 2.70. The highest BCUT2D eigenvalue weighted by atomic mass is 15.2. The van der Waals surface area contributed by atoms with E-state index in [0.717, 1.165) is 0 Å². The third kappa shape index (κ3) is 2.57. The number of nitrogens with zero attached hydrogens (tertiary/aromatic N) is 1. The Hall–Kier alpha value is -0.560. The molecule has 0 N–H and O–H groups in total. The second-order valence-corrected chi connectivity index (χ2v) is 5.18. The Labute approximate surface area is 100 Å². The maximum atomic E-state index is 2.70. The Morgan fingerprint density at radius 2 is 2.00 bits per heavy atom. The minimum atomic E-state index is 0.624. The molecule has 1 heterocycles. The SMILES string of the molecule is CC[C@@H]1C=C[C@H](C)N1C1/C=C\CCCCC1. The maximum Gasteiger partial charge on any atom is 0.0289 e. The van der Waals surface area contributed by atoms with Crippen LogP contribution in [0.5, 0.6) is 0 Å². The summed E-state index contributed by atoms with van der Waals surface area (Å²) in [5, 5.41) is 0. The molecule has 0 aromatic rings. The van der Waals surface area contributed by atoms with E-state index in [9.17, 15) is 0 Å². The van der Waals surface area contributed by atoms with Crippen molar-refractivity contribution >= 4 is 0 Å². The number of allylic oxidation sites excluding steroid dienone is 1. The fourth-order valence-corrected chi connectivity index (χ4v) is 3.08. The second-order valence-electron chi connectivity index (χ2n) is 5.18. The van der Waals surface area contributed by atoms with E-state index >= 15 is 0 Å². The zero-order valence-corrected chi connectivity index (χ0v) is 10.7. The van der Waals surface area contributed by atoms with E-state index in [1.165, 1.54) is 38.5 Å². The van der Waals surface area contributed by atoms with Crippen molar-refractivity contribution in [1.29, 1.82) is 0 Å². The molecular weight excluding hydrogens is 194 g/mol. The molecule has 1 aliphatic carbocycles. The van der Waals surface area contributed by atoms with Gasteiger partial charge in [-0.25, -0.2) is 0 Å². The van der Waals surface area contributed by atoms with Crippen LogP contribution in [0.15, 0.2) is 24.3 Å². The van der Waals surface area contributed by atoms with E-state index in [4.69, 9.17) is 0 Å². The molecule has 1 aliphatic heterocycles. The molecule has 90 valence electrons. The molecule has 2 aliphatic rings. The third-order valence-electron chi connectivity index (χ3n) is 4.00. The highest BCUT2D eigenvalue weighted by molar-refractivity contribution is 5.13. The highest BCUT2D eigenvalue weighted by Crippen LogP contribution is 2.26. The van der Waals surface area contributed by atoms with Crippen LogP contribution in [0.2, 0.25) is 0 Å². The Morgan fingerprint density at radius 1 is 1.12 bits per heavy atom. The van der Waals surface area contributed by atoms with Crippen LogP contribution in [0.1, 0.15) is 52.4 Å². The van der Waals surface area contributed by atoms with Gasteiger partial charge in [-0.3, -0.25) is 4.90 Å². The fourth-order valence-electron chi connectivity index (χ4n) is 3.08. The molecular formula is C15H25N. The Kier molecular flexibility index (Phi) is 4.22. The quantitative estimate of drug-likeness (QED) is 0.636. The molecule has 0 saturated heterocycles. The van der Waals surface area contributed by atoms with E-state index in [0.29, 0.717) is 18.1 Å². The number of hydrogen-bond donors (Lipinski definition) is 0. The van der Waals surface area contributed by atoms with Crippen LogP contribution in [0.4, 0.5) is 0 Å². The van der Waals surface area contributed by atoms with Crippen molar-refractivity contribution in [2.45, 2.75) is 70.5 Å². The van der Waals surface area contributed by atoms with Gasteiger partial charge >= 0.3 is 0 Å². The van der Waals surface area contributed by atoms with E-state index < -0.39 is 0 Å². The number of hydrogen-bond acceptors (Lipinski definition) is 1. The molecule has 0 aromatic heterocycles. The van der Waals surface area contributed by atoms with Gasteiger partial charge in [-0.15, -0.1) is 0 Å². The van der Waals surface area contributed by atoms with Crippen LogP contribution >= 0.6 is 0 Å². The van der Waals surface area contributed by atoms with Gasteiger partial charge in [-0.05, 0) is 32.6 Å². The minimum Gasteiger partial charge on any atom is -0.284 e. The van der Waals surface area contributed by atoms with Gasteiger partial charge in [-0.2, -0.15) is 0 Å². The molecule has 16 heavy (non-hydrogen) atoms. The molecule has 0 spiro atoms. The zero-order valence-electron chi connectivity index (χ0n) is 10.7. The van der Waals surface area contributed by atoms with Crippen molar-refractivity contribution in [3.8, 4) is 0 Å². The summed E-state index contributed by atoms with van der Waals surface area (Å²) in [6.45, 7) is 4.63. The van der Waals surface area contributed by atoms with Crippen LogP contribution in [0, 0.1) is 0 Å². The average Bonchev–Trinajstić information content (AvgIpc) is 2.60. The van der Waals surface area contributed by atoms with Crippen molar-refractivity contribution < 1.29 is 0 Å². The fraction of sp³-hybridized carbons (Fsp3) is 0.733. The summed E-state index contributed by atoms with van der Waals surface area (Å²) in [7, 11) is 0. The highest BCUT2D eigenvalue weighted by Gasteiger charge is 2.29. The molecule has 0 aromatic carbocycles. The molecule has 0 amide bonds. The summed E-state index contributed by atoms with van der Waals surface area (Å²) in [5.41, 5.74) is 0. The van der Waals surface area contributed by atoms with Crippen LogP contribution in [-0.4, -0.2) is 23.0 Å². The Morgan fingerprint density at radius 3 is 2.81 bits per heavy atom. The molecule has 0 fully saturated rings. The first-order valence-electron chi connectivity index (χ1n) is 6.95. The van der Waals surface area contributed by atoms with Crippen molar-refractivity contribution in [2.24, 2.45) is 0 Å². The summed E-state index contributed by atoms with van der Waals surface area (Å²) >= 11 is 0. The molecule has 1 nitrogen and oxygen atoms in total. The summed E-state index contributed by atoms with van der Waals surface area (Å²) in [6.07, 6.45) is 17.7. The molecule has 3 atom stereocenters. The largest absolute Gasteiger partial charge is 0.284 e. The van der Waals surface area contributed by atoms with Gasteiger partial charge in [0.15, 0.2) is 0 Å². The second kappa shape index (κ2) is 5.67. The van der Waals surface area contributed by atoms with Gasteiger partial charge in [0.05, 0.1) is 0 Å². The minimum absolute atomic E-state index is 0.624. The Balaban J connectivity index is 2.06. The predicted octanol–water partition coefficient (Wildman–Crippen LogP) is 3.91.